The number of nitrogens with zero attached hydrogens (tertiary/aromatic N) is 6. The van der Waals surface area contributed by atoms with Gasteiger partial charge in [0, 0.05) is 19.0 Å². The third kappa shape index (κ3) is 3.12. The molecule has 4 rings (SSSR count). The highest BCUT2D eigenvalue weighted by molar-refractivity contribution is 5.00. The molecule has 2 fully saturated rings. The van der Waals surface area contributed by atoms with Crippen LogP contribution in [-0.4, -0.2) is 43.0 Å². The highest BCUT2D eigenvalue weighted by Crippen LogP contribution is 2.39. The second-order valence-electron chi connectivity index (χ2n) is 6.17. The minimum Gasteiger partial charge on any atom is -0.424 e. The van der Waals surface area contributed by atoms with E-state index in [-0.39, 0.29) is 0 Å². The Bertz CT molecular complexity index is 576. The van der Waals surface area contributed by atoms with Gasteiger partial charge in [-0.25, -0.2) is 4.98 Å². The maximum absolute atomic E-state index is 5.76. The molecule has 1 saturated heterocycles. The van der Waals surface area contributed by atoms with Gasteiger partial charge in [0.25, 0.3) is 0 Å². The first-order valence-corrected chi connectivity index (χ1v) is 7.74. The van der Waals surface area contributed by atoms with E-state index in [1.165, 1.54) is 25.7 Å². The molecule has 0 unspecified atom stereocenters. The van der Waals surface area contributed by atoms with E-state index < -0.39 is 0 Å². The number of rotatable bonds is 5. The minimum absolute atomic E-state index is 0.535. The Balaban J connectivity index is 1.33. The zero-order chi connectivity index (χ0) is 14.1. The molecule has 1 aliphatic carbocycles. The van der Waals surface area contributed by atoms with Crippen molar-refractivity contribution in [3.63, 3.8) is 0 Å². The van der Waals surface area contributed by atoms with Crippen molar-refractivity contribution >= 4 is 0 Å². The summed E-state index contributed by atoms with van der Waals surface area (Å²) < 4.78 is 7.68. The van der Waals surface area contributed by atoms with Crippen molar-refractivity contribution in [3.8, 4) is 0 Å². The van der Waals surface area contributed by atoms with E-state index in [0.717, 1.165) is 38.0 Å². The van der Waals surface area contributed by atoms with Crippen molar-refractivity contribution in [3.05, 3.63) is 24.4 Å². The van der Waals surface area contributed by atoms with Crippen molar-refractivity contribution in [2.45, 2.75) is 44.7 Å². The van der Waals surface area contributed by atoms with Crippen LogP contribution in [0.3, 0.4) is 0 Å². The molecule has 2 aromatic heterocycles. The topological polar surface area (TPSA) is 72.9 Å². The van der Waals surface area contributed by atoms with Gasteiger partial charge in [-0.15, -0.1) is 10.2 Å². The number of hydrogen-bond donors (Lipinski definition) is 0. The summed E-state index contributed by atoms with van der Waals surface area (Å²) in [5.74, 6) is 2.75. The Labute approximate surface area is 123 Å². The third-order valence-electron chi connectivity index (χ3n) is 4.28. The lowest BCUT2D eigenvalue weighted by Crippen LogP contribution is -2.36. The van der Waals surface area contributed by atoms with Crippen LogP contribution in [0.4, 0.5) is 0 Å². The molecule has 7 nitrogen and oxygen atoms in total. The van der Waals surface area contributed by atoms with Gasteiger partial charge in [0.15, 0.2) is 0 Å². The lowest BCUT2D eigenvalue weighted by atomic mass is 9.98. The van der Waals surface area contributed by atoms with Crippen molar-refractivity contribution < 1.29 is 4.42 Å². The summed E-state index contributed by atoms with van der Waals surface area (Å²) in [6.07, 6.45) is 8.24. The van der Waals surface area contributed by atoms with Crippen molar-refractivity contribution in [1.29, 1.82) is 0 Å². The Morgan fingerprint density at radius 2 is 2.19 bits per heavy atom. The van der Waals surface area contributed by atoms with Crippen LogP contribution in [0, 0.1) is 5.92 Å². The van der Waals surface area contributed by atoms with Gasteiger partial charge in [0.2, 0.25) is 11.8 Å². The molecule has 0 bridgehead atoms. The van der Waals surface area contributed by atoms with Gasteiger partial charge in [-0.05, 0) is 38.1 Å². The zero-order valence-electron chi connectivity index (χ0n) is 12.1. The Hall–Kier alpha value is -1.76. The van der Waals surface area contributed by atoms with Gasteiger partial charge in [0.05, 0.1) is 6.54 Å². The maximum Gasteiger partial charge on any atom is 0.230 e. The Kier molecular flexibility index (Phi) is 3.42. The van der Waals surface area contributed by atoms with Crippen molar-refractivity contribution in [2.75, 3.05) is 13.1 Å². The summed E-state index contributed by atoms with van der Waals surface area (Å²) in [6, 6.07) is 0. The highest BCUT2D eigenvalue weighted by Gasteiger charge is 2.30. The molecule has 2 aliphatic rings. The SMILES string of the molecule is c1ncn(C[C@@H]2CCCN(Cc3nnc(C4CC4)o3)C2)n1. The van der Waals surface area contributed by atoms with Gasteiger partial charge in [0.1, 0.15) is 12.7 Å². The fraction of sp³-hybridized carbons (Fsp3) is 0.714. The van der Waals surface area contributed by atoms with Crippen molar-refractivity contribution in [2.24, 2.45) is 5.92 Å². The highest BCUT2D eigenvalue weighted by atomic mass is 16.4. The molecule has 3 heterocycles. The molecule has 0 spiro atoms. The average molecular weight is 288 g/mol. The fourth-order valence-corrected chi connectivity index (χ4v) is 3.05. The fourth-order valence-electron chi connectivity index (χ4n) is 3.05. The molecule has 0 radical (unpaired) electrons. The maximum atomic E-state index is 5.76. The molecule has 21 heavy (non-hydrogen) atoms. The number of hydrogen-bond acceptors (Lipinski definition) is 6. The van der Waals surface area contributed by atoms with Gasteiger partial charge in [-0.2, -0.15) is 5.10 Å². The van der Waals surface area contributed by atoms with Gasteiger partial charge >= 0.3 is 0 Å². The molecule has 1 aliphatic heterocycles. The van der Waals surface area contributed by atoms with E-state index in [1.807, 2.05) is 4.68 Å². The van der Waals surface area contributed by atoms with E-state index in [1.54, 1.807) is 12.7 Å². The Morgan fingerprint density at radius 3 is 3.00 bits per heavy atom. The zero-order valence-corrected chi connectivity index (χ0v) is 12.1. The molecule has 112 valence electrons. The molecule has 7 heteroatoms. The van der Waals surface area contributed by atoms with E-state index in [9.17, 15) is 0 Å². The van der Waals surface area contributed by atoms with E-state index in [0.29, 0.717) is 11.8 Å². The summed E-state index contributed by atoms with van der Waals surface area (Å²) in [7, 11) is 0. The lowest BCUT2D eigenvalue weighted by molar-refractivity contribution is 0.141. The molecular weight excluding hydrogens is 268 g/mol. The van der Waals surface area contributed by atoms with Gasteiger partial charge < -0.3 is 4.42 Å². The number of likely N-dealkylation sites (tertiary alicyclic amines) is 1. The average Bonchev–Trinajstić information content (AvgIpc) is 3.02. The summed E-state index contributed by atoms with van der Waals surface area (Å²) in [5, 5.41) is 12.5. The molecule has 0 N–H and O–H groups in total. The molecule has 0 amide bonds. The second-order valence-corrected chi connectivity index (χ2v) is 6.17. The molecule has 2 aromatic rings. The van der Waals surface area contributed by atoms with Crippen LogP contribution in [0.15, 0.2) is 17.1 Å². The van der Waals surface area contributed by atoms with Crippen molar-refractivity contribution in [1.82, 2.24) is 29.9 Å². The van der Waals surface area contributed by atoms with Gasteiger partial charge in [-0.1, -0.05) is 0 Å². The van der Waals surface area contributed by atoms with Crippen LogP contribution < -0.4 is 0 Å². The monoisotopic (exact) mass is 288 g/mol. The lowest BCUT2D eigenvalue weighted by Gasteiger charge is -2.31. The summed E-state index contributed by atoms with van der Waals surface area (Å²) in [6.45, 7) is 3.87. The molecule has 0 aromatic carbocycles. The summed E-state index contributed by atoms with van der Waals surface area (Å²) >= 11 is 0. The third-order valence-corrected chi connectivity index (χ3v) is 4.28. The molecule has 1 saturated carbocycles. The quantitative estimate of drug-likeness (QED) is 0.829. The van der Waals surface area contributed by atoms with Crippen LogP contribution in [0.2, 0.25) is 0 Å². The Morgan fingerprint density at radius 1 is 1.24 bits per heavy atom. The smallest absolute Gasteiger partial charge is 0.230 e. The first kappa shape index (κ1) is 12.9. The van der Waals surface area contributed by atoms with Crippen LogP contribution in [-0.2, 0) is 13.1 Å². The van der Waals surface area contributed by atoms with Crippen LogP contribution in [0.5, 0.6) is 0 Å². The largest absolute Gasteiger partial charge is 0.424 e. The molecule has 1 atom stereocenters. The summed E-state index contributed by atoms with van der Waals surface area (Å²) in [5.41, 5.74) is 0. The number of piperidine rings is 1. The minimum atomic E-state index is 0.535. The van der Waals surface area contributed by atoms with Crippen LogP contribution >= 0.6 is 0 Å². The predicted octanol–water partition coefficient (Wildman–Crippen LogP) is 1.45. The summed E-state index contributed by atoms with van der Waals surface area (Å²) in [4.78, 5) is 6.42. The van der Waals surface area contributed by atoms with Crippen LogP contribution in [0.1, 0.15) is 43.4 Å². The normalized spacial score (nSPS) is 23.5. The first-order valence-electron chi connectivity index (χ1n) is 7.74. The van der Waals surface area contributed by atoms with Gasteiger partial charge in [-0.3, -0.25) is 9.58 Å². The van der Waals surface area contributed by atoms with Crippen LogP contribution in [0.25, 0.3) is 0 Å². The predicted molar refractivity (Wildman–Crippen MR) is 74.3 cm³/mol. The first-order chi connectivity index (χ1) is 10.4. The molecular formula is C14H20N6O. The standard InChI is InChI=1S/C14H20N6O/c1-2-11(7-20-10-15-9-16-20)6-19(5-1)8-13-17-18-14(21-13)12-3-4-12/h9-12H,1-8H2/t11-/m1/s1. The number of aromatic nitrogens is 5. The van der Waals surface area contributed by atoms with E-state index in [2.05, 4.69) is 25.2 Å². The van der Waals surface area contributed by atoms with E-state index in [4.69, 9.17) is 4.42 Å². The van der Waals surface area contributed by atoms with E-state index >= 15 is 0 Å². The second kappa shape index (κ2) is 5.55.